The van der Waals surface area contributed by atoms with Gasteiger partial charge >= 0.3 is 0 Å². The molecule has 6 heteroatoms. The largest absolute Gasteiger partial charge is 0.290 e. The Morgan fingerprint density at radius 3 is 2.85 bits per heavy atom. The zero-order valence-electron chi connectivity index (χ0n) is 10.3. The first-order chi connectivity index (χ1) is 9.67. The molecule has 20 heavy (non-hydrogen) atoms. The highest BCUT2D eigenvalue weighted by molar-refractivity contribution is 9.10. The molecule has 1 amide bonds. The summed E-state index contributed by atoms with van der Waals surface area (Å²) in [6.07, 6.45) is 0. The van der Waals surface area contributed by atoms with Crippen LogP contribution in [-0.2, 0) is 0 Å². The van der Waals surface area contributed by atoms with Crippen LogP contribution in [0.25, 0.3) is 20.8 Å². The maximum Gasteiger partial charge on any atom is 0.265 e. The Bertz CT molecular complexity index is 800. The monoisotopic (exact) mass is 347 g/mol. The van der Waals surface area contributed by atoms with Gasteiger partial charge in [-0.25, -0.2) is 10.8 Å². The summed E-state index contributed by atoms with van der Waals surface area (Å²) in [5.41, 5.74) is 4.58. The van der Waals surface area contributed by atoms with E-state index in [9.17, 15) is 4.79 Å². The van der Waals surface area contributed by atoms with Crippen LogP contribution in [0.15, 0.2) is 46.9 Å². The quantitative estimate of drug-likeness (QED) is 0.424. The van der Waals surface area contributed by atoms with Crippen LogP contribution in [0.1, 0.15) is 10.4 Å². The van der Waals surface area contributed by atoms with Crippen molar-refractivity contribution in [3.63, 3.8) is 0 Å². The third-order valence-electron chi connectivity index (χ3n) is 2.85. The van der Waals surface area contributed by atoms with Crippen LogP contribution in [0.4, 0.5) is 0 Å². The van der Waals surface area contributed by atoms with Crippen molar-refractivity contribution in [3.8, 4) is 10.6 Å². The van der Waals surface area contributed by atoms with E-state index in [1.165, 1.54) is 0 Å². The Balaban J connectivity index is 2.09. The summed E-state index contributed by atoms with van der Waals surface area (Å²) in [6, 6.07) is 13.3. The number of hydrogen-bond acceptors (Lipinski definition) is 4. The normalized spacial score (nSPS) is 10.7. The minimum absolute atomic E-state index is 0.302. The first kappa shape index (κ1) is 13.2. The molecule has 4 nitrogen and oxygen atoms in total. The predicted octanol–water partition coefficient (Wildman–Crippen LogP) is 3.33. The Hall–Kier alpha value is -1.76. The second kappa shape index (κ2) is 5.32. The van der Waals surface area contributed by atoms with Gasteiger partial charge in [0, 0.05) is 15.6 Å². The van der Waals surface area contributed by atoms with E-state index in [0.29, 0.717) is 5.56 Å². The number of carbonyl (C=O) groups excluding carboxylic acids is 1. The topological polar surface area (TPSA) is 68.0 Å². The highest BCUT2D eigenvalue weighted by Crippen LogP contribution is 2.31. The number of hydrazine groups is 1. The van der Waals surface area contributed by atoms with Gasteiger partial charge in [-0.15, -0.1) is 11.3 Å². The number of nitrogens with zero attached hydrogens (tertiary/aromatic N) is 1. The molecule has 2 aromatic carbocycles. The number of nitrogen functional groups attached to an aromatic ring is 1. The summed E-state index contributed by atoms with van der Waals surface area (Å²) in [6.45, 7) is 0. The van der Waals surface area contributed by atoms with Gasteiger partial charge in [0.25, 0.3) is 5.91 Å². The third kappa shape index (κ3) is 2.45. The fourth-order valence-electron chi connectivity index (χ4n) is 1.89. The molecule has 0 atom stereocenters. The van der Waals surface area contributed by atoms with Crippen molar-refractivity contribution in [2.24, 2.45) is 5.84 Å². The van der Waals surface area contributed by atoms with Gasteiger partial charge in [-0.3, -0.25) is 10.2 Å². The standard InChI is InChI=1S/C14H10BrN3OS/c15-10-3-1-2-9(6-10)14-17-11-5-4-8(13(19)18-16)7-12(11)20-14/h1-7H,16H2,(H,18,19). The summed E-state index contributed by atoms with van der Waals surface area (Å²) in [4.78, 5) is 16.1. The summed E-state index contributed by atoms with van der Waals surface area (Å²) >= 11 is 5.00. The Morgan fingerprint density at radius 1 is 1.25 bits per heavy atom. The number of benzene rings is 2. The third-order valence-corrected chi connectivity index (χ3v) is 4.41. The molecule has 0 radical (unpaired) electrons. The molecule has 0 fully saturated rings. The molecular weight excluding hydrogens is 338 g/mol. The van der Waals surface area contributed by atoms with Crippen LogP contribution in [0, 0.1) is 0 Å². The molecule has 0 aliphatic carbocycles. The van der Waals surface area contributed by atoms with Crippen LogP contribution in [0.2, 0.25) is 0 Å². The van der Waals surface area contributed by atoms with E-state index in [1.807, 2.05) is 30.3 Å². The van der Waals surface area contributed by atoms with Crippen LogP contribution in [0.5, 0.6) is 0 Å². The van der Waals surface area contributed by atoms with Crippen LogP contribution >= 0.6 is 27.3 Å². The van der Waals surface area contributed by atoms with Crippen LogP contribution < -0.4 is 11.3 Å². The van der Waals surface area contributed by atoms with Crippen molar-refractivity contribution in [1.29, 1.82) is 0 Å². The summed E-state index contributed by atoms with van der Waals surface area (Å²) in [5.74, 6) is 4.84. The fourth-order valence-corrected chi connectivity index (χ4v) is 3.29. The molecule has 0 aliphatic rings. The van der Waals surface area contributed by atoms with Gasteiger partial charge in [0.15, 0.2) is 0 Å². The van der Waals surface area contributed by atoms with Crippen molar-refractivity contribution < 1.29 is 4.79 Å². The number of halogens is 1. The molecule has 0 unspecified atom stereocenters. The molecule has 0 spiro atoms. The minimum atomic E-state index is -0.302. The van der Waals surface area contributed by atoms with Crippen molar-refractivity contribution in [2.45, 2.75) is 0 Å². The molecule has 100 valence electrons. The number of hydrogen-bond donors (Lipinski definition) is 2. The highest BCUT2D eigenvalue weighted by Gasteiger charge is 2.10. The van der Waals surface area contributed by atoms with Gasteiger partial charge in [-0.05, 0) is 30.3 Å². The van der Waals surface area contributed by atoms with E-state index in [1.54, 1.807) is 23.5 Å². The van der Waals surface area contributed by atoms with E-state index < -0.39 is 0 Å². The molecule has 0 aliphatic heterocycles. The van der Waals surface area contributed by atoms with Crippen molar-refractivity contribution >= 4 is 43.4 Å². The lowest BCUT2D eigenvalue weighted by atomic mass is 10.2. The molecule has 0 saturated heterocycles. The molecular formula is C14H10BrN3OS. The molecule has 0 saturated carbocycles. The molecule has 3 N–H and O–H groups in total. The average molecular weight is 348 g/mol. The molecule has 0 bridgehead atoms. The number of carbonyl (C=O) groups is 1. The minimum Gasteiger partial charge on any atom is -0.290 e. The van der Waals surface area contributed by atoms with Gasteiger partial charge in [0.05, 0.1) is 10.2 Å². The van der Waals surface area contributed by atoms with Crippen LogP contribution in [0.3, 0.4) is 0 Å². The zero-order chi connectivity index (χ0) is 14.1. The van der Waals surface area contributed by atoms with Gasteiger partial charge in [0.1, 0.15) is 5.01 Å². The van der Waals surface area contributed by atoms with E-state index in [2.05, 4.69) is 26.3 Å². The summed E-state index contributed by atoms with van der Waals surface area (Å²) in [5, 5.41) is 0.923. The molecule has 3 rings (SSSR count). The van der Waals surface area contributed by atoms with Gasteiger partial charge in [-0.2, -0.15) is 0 Å². The first-order valence-corrected chi connectivity index (χ1v) is 7.46. The second-order valence-electron chi connectivity index (χ2n) is 4.19. The first-order valence-electron chi connectivity index (χ1n) is 5.85. The number of rotatable bonds is 2. The lowest BCUT2D eigenvalue weighted by Crippen LogP contribution is -2.29. The van der Waals surface area contributed by atoms with E-state index >= 15 is 0 Å². The van der Waals surface area contributed by atoms with Gasteiger partial charge < -0.3 is 0 Å². The van der Waals surface area contributed by atoms with Crippen molar-refractivity contribution in [3.05, 3.63) is 52.5 Å². The number of nitrogens with one attached hydrogen (secondary N) is 1. The number of amides is 1. The summed E-state index contributed by atoms with van der Waals surface area (Å²) in [7, 11) is 0. The average Bonchev–Trinajstić information content (AvgIpc) is 2.89. The Kier molecular flexibility index (Phi) is 3.52. The van der Waals surface area contributed by atoms with Crippen LogP contribution in [-0.4, -0.2) is 10.9 Å². The number of nitrogens with two attached hydrogens (primary N) is 1. The number of thiazole rings is 1. The van der Waals surface area contributed by atoms with E-state index in [-0.39, 0.29) is 5.91 Å². The number of fused-ring (bicyclic) bond motifs is 1. The Morgan fingerprint density at radius 2 is 2.10 bits per heavy atom. The molecule has 1 heterocycles. The maximum atomic E-state index is 11.5. The second-order valence-corrected chi connectivity index (χ2v) is 6.13. The highest BCUT2D eigenvalue weighted by atomic mass is 79.9. The smallest absolute Gasteiger partial charge is 0.265 e. The number of aromatic nitrogens is 1. The SMILES string of the molecule is NNC(=O)c1ccc2nc(-c3cccc(Br)c3)sc2c1. The fraction of sp³-hybridized carbons (Fsp3) is 0. The lowest BCUT2D eigenvalue weighted by molar-refractivity contribution is 0.0954. The lowest BCUT2D eigenvalue weighted by Gasteiger charge is -1.97. The van der Waals surface area contributed by atoms with Crippen molar-refractivity contribution in [2.75, 3.05) is 0 Å². The van der Waals surface area contributed by atoms with Gasteiger partial charge in [0.2, 0.25) is 0 Å². The summed E-state index contributed by atoms with van der Waals surface area (Å²) < 4.78 is 1.97. The molecule has 3 aromatic rings. The van der Waals surface area contributed by atoms with E-state index in [4.69, 9.17) is 5.84 Å². The zero-order valence-corrected chi connectivity index (χ0v) is 12.7. The Labute approximate surface area is 127 Å². The van der Waals surface area contributed by atoms with Gasteiger partial charge in [-0.1, -0.05) is 28.1 Å². The van der Waals surface area contributed by atoms with Crippen molar-refractivity contribution in [1.82, 2.24) is 10.4 Å². The predicted molar refractivity (Wildman–Crippen MR) is 84.4 cm³/mol. The maximum absolute atomic E-state index is 11.5. The molecule has 1 aromatic heterocycles. The van der Waals surface area contributed by atoms with E-state index in [0.717, 1.165) is 25.3 Å².